The van der Waals surface area contributed by atoms with Crippen LogP contribution in [0.25, 0.3) is 0 Å². The van der Waals surface area contributed by atoms with Gasteiger partial charge >= 0.3 is 19.5 Å². The van der Waals surface area contributed by atoms with E-state index in [2.05, 4.69) is 9.97 Å². The third kappa shape index (κ3) is 8.76. The van der Waals surface area contributed by atoms with E-state index < -0.39 is 84.8 Å². The van der Waals surface area contributed by atoms with Gasteiger partial charge < -0.3 is 28.4 Å². The molecule has 3 aromatic carbocycles. The first-order valence-electron chi connectivity index (χ1n) is 20.4. The lowest BCUT2D eigenvalue weighted by atomic mass is 9.79. The second-order valence-electron chi connectivity index (χ2n) is 15.6. The van der Waals surface area contributed by atoms with E-state index in [9.17, 15) is 24.1 Å². The second kappa shape index (κ2) is 18.5. The molecule has 63 heavy (non-hydrogen) atoms. The van der Waals surface area contributed by atoms with Gasteiger partial charge in [-0.25, -0.2) is 9.59 Å². The fraction of sp³-hybridized carbons (Fsp3) is 0.409. The van der Waals surface area contributed by atoms with Gasteiger partial charge in [0.2, 0.25) is 0 Å². The van der Waals surface area contributed by atoms with E-state index in [1.165, 1.54) is 55.0 Å². The van der Waals surface area contributed by atoms with Crippen LogP contribution >= 0.6 is 8.17 Å². The summed E-state index contributed by atoms with van der Waals surface area (Å²) in [6.45, 7) is -0.270. The van der Waals surface area contributed by atoms with Crippen molar-refractivity contribution in [3.8, 4) is 5.75 Å². The lowest BCUT2D eigenvalue weighted by Crippen LogP contribution is -2.47. The highest BCUT2D eigenvalue weighted by Gasteiger charge is 2.62. The first kappa shape index (κ1) is 44.5. The largest absolute Gasteiger partial charge is 0.572 e. The smallest absolute Gasteiger partial charge is 0.497 e. The van der Waals surface area contributed by atoms with Crippen LogP contribution in [0.1, 0.15) is 54.8 Å². The molecule has 1 spiro atoms. The minimum atomic E-state index is -4.33. The lowest BCUT2D eigenvalue weighted by Gasteiger charge is -2.41. The molecule has 5 aromatic rings. The standard InChI is InChI=1S/C44H49N4O14P/c1-54-31-19-17-30(18-20-31)44(28-12-7-5-8-13-28,29-14-9-6-10-15-29)60-32-16-11-23-43(26-33(55-2)39(61-43)47-24-21-34(49)45-41(47)51)27-58-63(53,57-4)62-37-36(32)59-40(38(37)56-3)48-25-22-35(50)46-42(48)52/h5-10,12-15,17-22,24-25,32-33,36-40,53H,11,16,23,26-27H2,1-4H3,(H-,45,46,49,50,51,52)/p+1/t32-,33+,36+,37+,38+,39+,40+,43-,63?/m0/s1. The molecule has 3 aliphatic heterocycles. The van der Waals surface area contributed by atoms with Crippen LogP contribution in [-0.4, -0.2) is 95.2 Å². The maximum Gasteiger partial charge on any atom is 0.572 e. The highest BCUT2D eigenvalue weighted by molar-refractivity contribution is 7.55. The molecule has 3 N–H and O–H groups in total. The van der Waals surface area contributed by atoms with Crippen LogP contribution in [0.15, 0.2) is 129 Å². The molecule has 9 atom stereocenters. The number of rotatable bonds is 11. The summed E-state index contributed by atoms with van der Waals surface area (Å²) in [5.74, 6) is 0.634. The number of methoxy groups -OCH3 is 3. The minimum absolute atomic E-state index is 0.208. The molecule has 19 heteroatoms. The van der Waals surface area contributed by atoms with Gasteiger partial charge in [-0.15, -0.1) is 4.52 Å². The molecule has 0 radical (unpaired) electrons. The van der Waals surface area contributed by atoms with Gasteiger partial charge in [-0.2, -0.15) is 13.9 Å². The number of aromatic amines is 2. The van der Waals surface area contributed by atoms with Gasteiger partial charge in [-0.05, 0) is 48.1 Å². The Kier molecular flexibility index (Phi) is 13.1. The third-order valence-electron chi connectivity index (χ3n) is 12.0. The Morgan fingerprint density at radius 1 is 0.730 bits per heavy atom. The topological polar surface area (TPSA) is 213 Å². The molecule has 0 aliphatic carbocycles. The Morgan fingerprint density at radius 3 is 1.86 bits per heavy atom. The zero-order chi connectivity index (χ0) is 44.4. The predicted molar refractivity (Wildman–Crippen MR) is 227 cm³/mol. The molecule has 2 aromatic heterocycles. The van der Waals surface area contributed by atoms with Crippen molar-refractivity contribution >= 4 is 8.17 Å². The highest BCUT2D eigenvalue weighted by Crippen LogP contribution is 2.62. The highest BCUT2D eigenvalue weighted by atomic mass is 31.2. The summed E-state index contributed by atoms with van der Waals surface area (Å²) in [5, 5.41) is 0. The fourth-order valence-electron chi connectivity index (χ4n) is 8.92. The third-order valence-corrected chi connectivity index (χ3v) is 13.4. The van der Waals surface area contributed by atoms with Crippen LogP contribution in [0, 0.1) is 0 Å². The van der Waals surface area contributed by atoms with E-state index in [0.29, 0.717) is 12.2 Å². The first-order valence-corrected chi connectivity index (χ1v) is 21.9. The Balaban J connectivity index is 1.28. The number of nitrogens with zero attached hydrogens (tertiary/aromatic N) is 2. The summed E-state index contributed by atoms with van der Waals surface area (Å²) in [7, 11) is 1.41. The van der Waals surface area contributed by atoms with Crippen molar-refractivity contribution in [1.82, 2.24) is 19.1 Å². The van der Waals surface area contributed by atoms with Gasteiger partial charge in [-0.3, -0.25) is 28.7 Å². The zero-order valence-electron chi connectivity index (χ0n) is 35.1. The van der Waals surface area contributed by atoms with Crippen LogP contribution in [0.5, 0.6) is 5.75 Å². The summed E-state index contributed by atoms with van der Waals surface area (Å²) in [6, 6.07) is 29.4. The molecule has 3 saturated heterocycles. The Morgan fingerprint density at radius 2 is 1.32 bits per heavy atom. The second-order valence-corrected chi connectivity index (χ2v) is 17.4. The average Bonchev–Trinajstić information content (AvgIpc) is 3.84. The number of benzene rings is 3. The summed E-state index contributed by atoms with van der Waals surface area (Å²) < 4.78 is 59.7. The number of ether oxygens (including phenoxy) is 6. The van der Waals surface area contributed by atoms with Gasteiger partial charge in [0.05, 0.1) is 20.3 Å². The zero-order valence-corrected chi connectivity index (χ0v) is 36.0. The minimum Gasteiger partial charge on any atom is -0.497 e. The molecule has 3 aliphatic rings. The van der Waals surface area contributed by atoms with E-state index in [4.69, 9.17) is 42.0 Å². The molecule has 18 nitrogen and oxygen atoms in total. The summed E-state index contributed by atoms with van der Waals surface area (Å²) in [5.41, 5.74) is -2.84. The van der Waals surface area contributed by atoms with Crippen LogP contribution < -0.4 is 27.2 Å². The lowest BCUT2D eigenvalue weighted by molar-refractivity contribution is -0.147. The molecule has 8 rings (SSSR count). The average molecular weight is 890 g/mol. The van der Waals surface area contributed by atoms with E-state index >= 15 is 0 Å². The van der Waals surface area contributed by atoms with Crippen LogP contribution in [0.3, 0.4) is 0 Å². The summed E-state index contributed by atoms with van der Waals surface area (Å²) in [4.78, 5) is 67.4. The molecule has 334 valence electrons. The van der Waals surface area contributed by atoms with E-state index in [1.54, 1.807) is 7.11 Å². The van der Waals surface area contributed by atoms with Gasteiger partial charge in [0.15, 0.2) is 18.6 Å². The summed E-state index contributed by atoms with van der Waals surface area (Å²) >= 11 is 0. The number of aromatic nitrogens is 4. The van der Waals surface area contributed by atoms with Crippen molar-refractivity contribution < 1.29 is 46.9 Å². The number of nitrogens with one attached hydrogen (secondary N) is 2. The molecule has 3 fully saturated rings. The maximum atomic E-state index is 13.4. The molecule has 0 bridgehead atoms. The van der Waals surface area contributed by atoms with E-state index in [-0.39, 0.29) is 25.9 Å². The molecular weight excluding hydrogens is 839 g/mol. The summed E-state index contributed by atoms with van der Waals surface area (Å²) in [6.07, 6.45) is -3.43. The molecule has 5 heterocycles. The fourth-order valence-corrected chi connectivity index (χ4v) is 10.1. The van der Waals surface area contributed by atoms with Crippen molar-refractivity contribution in [3.05, 3.63) is 168 Å². The molecule has 0 saturated carbocycles. The van der Waals surface area contributed by atoms with Gasteiger partial charge in [0.25, 0.3) is 11.1 Å². The van der Waals surface area contributed by atoms with E-state index in [1.807, 2.05) is 84.9 Å². The van der Waals surface area contributed by atoms with Crippen LogP contribution in [0.2, 0.25) is 0 Å². The van der Waals surface area contributed by atoms with Crippen molar-refractivity contribution in [2.24, 2.45) is 0 Å². The number of hydrogen-bond acceptors (Lipinski definition) is 14. The van der Waals surface area contributed by atoms with Gasteiger partial charge in [0, 0.05) is 45.2 Å². The molecule has 1 unspecified atom stereocenters. The van der Waals surface area contributed by atoms with Crippen molar-refractivity contribution in [1.29, 1.82) is 0 Å². The number of H-pyrrole nitrogens is 2. The predicted octanol–water partition coefficient (Wildman–Crippen LogP) is 3.96. The van der Waals surface area contributed by atoms with Crippen LogP contribution in [0.4, 0.5) is 0 Å². The Bertz CT molecular complexity index is 2530. The monoisotopic (exact) mass is 889 g/mol. The molecule has 0 amide bonds. The Hall–Kier alpha value is -5.11. The quantitative estimate of drug-likeness (QED) is 0.127. The van der Waals surface area contributed by atoms with Gasteiger partial charge in [0.1, 0.15) is 41.9 Å². The van der Waals surface area contributed by atoms with Crippen LogP contribution in [-0.2, 0) is 42.9 Å². The maximum absolute atomic E-state index is 13.4. The Labute approximate surface area is 361 Å². The van der Waals surface area contributed by atoms with Crippen molar-refractivity contribution in [3.63, 3.8) is 0 Å². The van der Waals surface area contributed by atoms with Gasteiger partial charge in [-0.1, -0.05) is 72.8 Å². The number of fused-ring (bicyclic) bond motifs is 1. The van der Waals surface area contributed by atoms with E-state index in [0.717, 1.165) is 16.7 Å². The first-order chi connectivity index (χ1) is 30.4. The SMILES string of the molecule is COc1ccc(C(O[C@H]2CCC[C@@]3(CO[P+](O)(OC)O[C@H]4[C@@H](OC)[C@H](n5ccc(=O)[nH]c5=O)O[C@@H]42)C[C@@H](OC)[C@H](n2ccc(=O)[nH]c2=O)O3)(c2ccccc2)c2ccccc2)cc1. The normalized spacial score (nSPS) is 28.9. The van der Waals surface area contributed by atoms with Crippen molar-refractivity contribution in [2.75, 3.05) is 35.0 Å². The van der Waals surface area contributed by atoms with Crippen molar-refractivity contribution in [2.45, 2.75) is 79.9 Å². The number of hydrogen-bond donors (Lipinski definition) is 3. The molecular formula is C44H50N4O14P+.